The molecule has 0 radical (unpaired) electrons. The van der Waals surface area contributed by atoms with Gasteiger partial charge in [0.1, 0.15) is 0 Å². The van der Waals surface area contributed by atoms with Gasteiger partial charge in [-0.3, -0.25) is 4.98 Å². The highest BCUT2D eigenvalue weighted by Crippen LogP contribution is 2.14. The van der Waals surface area contributed by atoms with Crippen molar-refractivity contribution in [1.29, 1.82) is 0 Å². The summed E-state index contributed by atoms with van der Waals surface area (Å²) in [5.74, 6) is 0.779. The van der Waals surface area contributed by atoms with Gasteiger partial charge in [0.25, 0.3) is 0 Å². The second-order valence-electron chi connectivity index (χ2n) is 3.09. The molecule has 0 aliphatic carbocycles. The summed E-state index contributed by atoms with van der Waals surface area (Å²) in [4.78, 5) is 11.2. The van der Waals surface area contributed by atoms with E-state index in [1.165, 1.54) is 0 Å². The molecule has 0 aliphatic rings. The first-order valence-corrected chi connectivity index (χ1v) is 4.52. The Labute approximate surface area is 82.4 Å². The average Bonchev–Trinajstić information content (AvgIpc) is 2.72. The number of H-pyrrole nitrogens is 1. The number of anilines is 1. The molecular formula is C10H12N4. The van der Waals surface area contributed by atoms with E-state index in [-0.39, 0.29) is 6.04 Å². The number of pyridine rings is 1. The molecule has 0 spiro atoms. The number of aromatic nitrogens is 3. The second kappa shape index (κ2) is 3.91. The maximum Gasteiger partial charge on any atom is 0.200 e. The van der Waals surface area contributed by atoms with E-state index in [2.05, 4.69) is 27.2 Å². The maximum atomic E-state index is 4.09. The molecule has 0 aromatic carbocycles. The molecular weight excluding hydrogens is 176 g/mol. The number of rotatable bonds is 3. The Balaban J connectivity index is 2.07. The summed E-state index contributed by atoms with van der Waals surface area (Å²) >= 11 is 0. The summed E-state index contributed by atoms with van der Waals surface area (Å²) in [7, 11) is 0. The molecule has 14 heavy (non-hydrogen) atoms. The first-order chi connectivity index (χ1) is 6.86. The lowest BCUT2D eigenvalue weighted by Gasteiger charge is -2.12. The first kappa shape index (κ1) is 8.74. The maximum absolute atomic E-state index is 4.09. The molecule has 2 rings (SSSR count). The number of nitrogens with one attached hydrogen (secondary N) is 2. The zero-order chi connectivity index (χ0) is 9.80. The fourth-order valence-corrected chi connectivity index (χ4v) is 1.26. The summed E-state index contributed by atoms with van der Waals surface area (Å²) in [6, 6.07) is 4.17. The van der Waals surface area contributed by atoms with Crippen LogP contribution in [0.1, 0.15) is 18.5 Å². The topological polar surface area (TPSA) is 53.6 Å². The lowest BCUT2D eigenvalue weighted by atomic mass is 10.1. The van der Waals surface area contributed by atoms with E-state index in [0.717, 1.165) is 11.5 Å². The number of hydrogen-bond donors (Lipinski definition) is 2. The molecule has 0 saturated carbocycles. The van der Waals surface area contributed by atoms with Crippen LogP contribution in [0.4, 0.5) is 5.95 Å². The van der Waals surface area contributed by atoms with Crippen LogP contribution in [-0.2, 0) is 0 Å². The van der Waals surface area contributed by atoms with Gasteiger partial charge in [0.15, 0.2) is 0 Å². The van der Waals surface area contributed by atoms with Gasteiger partial charge < -0.3 is 10.3 Å². The standard InChI is InChI=1S/C10H12N4/c1-8(9-3-2-4-11-7-9)14-10-12-5-6-13-10/h2-8H,1H3,(H2,12,13,14). The third-order valence-corrected chi connectivity index (χ3v) is 2.04. The van der Waals surface area contributed by atoms with Crippen LogP contribution in [0.5, 0.6) is 0 Å². The summed E-state index contributed by atoms with van der Waals surface area (Å²) in [5, 5.41) is 3.23. The highest BCUT2D eigenvalue weighted by molar-refractivity contribution is 5.29. The minimum Gasteiger partial charge on any atom is -0.349 e. The number of aromatic amines is 1. The molecule has 0 aliphatic heterocycles. The summed E-state index contributed by atoms with van der Waals surface area (Å²) in [6.07, 6.45) is 7.13. The monoisotopic (exact) mass is 188 g/mol. The van der Waals surface area contributed by atoms with Gasteiger partial charge in [0.05, 0.1) is 6.04 Å². The lowest BCUT2D eigenvalue weighted by molar-refractivity contribution is 0.859. The van der Waals surface area contributed by atoms with Gasteiger partial charge >= 0.3 is 0 Å². The van der Waals surface area contributed by atoms with E-state index < -0.39 is 0 Å². The van der Waals surface area contributed by atoms with Gasteiger partial charge in [0.2, 0.25) is 5.95 Å². The van der Waals surface area contributed by atoms with E-state index >= 15 is 0 Å². The molecule has 4 heteroatoms. The molecule has 2 N–H and O–H groups in total. The van der Waals surface area contributed by atoms with Crippen LogP contribution in [-0.4, -0.2) is 15.0 Å². The summed E-state index contributed by atoms with van der Waals surface area (Å²) in [6.45, 7) is 2.07. The Bertz CT molecular complexity index is 368. The van der Waals surface area contributed by atoms with Crippen LogP contribution in [0.2, 0.25) is 0 Å². The molecule has 1 unspecified atom stereocenters. The molecule has 1 atom stereocenters. The fraction of sp³-hybridized carbons (Fsp3) is 0.200. The van der Waals surface area contributed by atoms with Gasteiger partial charge in [0, 0.05) is 24.8 Å². The third kappa shape index (κ3) is 1.90. The number of imidazole rings is 1. The van der Waals surface area contributed by atoms with Crippen molar-refractivity contribution in [2.75, 3.05) is 5.32 Å². The van der Waals surface area contributed by atoms with Crippen LogP contribution in [0.3, 0.4) is 0 Å². The van der Waals surface area contributed by atoms with Crippen molar-refractivity contribution in [1.82, 2.24) is 15.0 Å². The van der Waals surface area contributed by atoms with Crippen molar-refractivity contribution in [3.63, 3.8) is 0 Å². The van der Waals surface area contributed by atoms with Crippen molar-refractivity contribution < 1.29 is 0 Å². The Morgan fingerprint density at radius 1 is 1.43 bits per heavy atom. The van der Waals surface area contributed by atoms with Gasteiger partial charge in [-0.15, -0.1) is 0 Å². The van der Waals surface area contributed by atoms with Crippen LogP contribution < -0.4 is 5.32 Å². The normalized spacial score (nSPS) is 12.4. The Hall–Kier alpha value is -1.84. The second-order valence-corrected chi connectivity index (χ2v) is 3.09. The molecule has 4 nitrogen and oxygen atoms in total. The van der Waals surface area contributed by atoms with E-state index in [0.29, 0.717) is 0 Å². The zero-order valence-electron chi connectivity index (χ0n) is 7.94. The van der Waals surface area contributed by atoms with Crippen LogP contribution in [0, 0.1) is 0 Å². The molecule has 2 aromatic rings. The van der Waals surface area contributed by atoms with Crippen LogP contribution in [0.15, 0.2) is 36.9 Å². The predicted molar refractivity (Wildman–Crippen MR) is 54.9 cm³/mol. The molecule has 0 fully saturated rings. The van der Waals surface area contributed by atoms with Gasteiger partial charge in [-0.2, -0.15) is 0 Å². The minimum absolute atomic E-state index is 0.204. The van der Waals surface area contributed by atoms with Crippen molar-refractivity contribution in [3.05, 3.63) is 42.5 Å². The lowest BCUT2D eigenvalue weighted by Crippen LogP contribution is -2.07. The van der Waals surface area contributed by atoms with Gasteiger partial charge in [-0.25, -0.2) is 4.98 Å². The number of nitrogens with zero attached hydrogens (tertiary/aromatic N) is 2. The fourth-order valence-electron chi connectivity index (χ4n) is 1.26. The van der Waals surface area contributed by atoms with E-state index in [1.807, 2.05) is 18.3 Å². The van der Waals surface area contributed by atoms with Crippen LogP contribution in [0.25, 0.3) is 0 Å². The molecule has 2 aromatic heterocycles. The van der Waals surface area contributed by atoms with Gasteiger partial charge in [-0.05, 0) is 18.6 Å². The Morgan fingerprint density at radius 3 is 3.00 bits per heavy atom. The quantitative estimate of drug-likeness (QED) is 0.774. The Kier molecular flexibility index (Phi) is 2.44. The molecule has 0 saturated heterocycles. The molecule has 0 amide bonds. The van der Waals surface area contributed by atoms with Crippen molar-refractivity contribution in [3.8, 4) is 0 Å². The summed E-state index contributed by atoms with van der Waals surface area (Å²) in [5.41, 5.74) is 1.14. The smallest absolute Gasteiger partial charge is 0.200 e. The average molecular weight is 188 g/mol. The highest BCUT2D eigenvalue weighted by atomic mass is 15.1. The summed E-state index contributed by atoms with van der Waals surface area (Å²) < 4.78 is 0. The van der Waals surface area contributed by atoms with Crippen LogP contribution >= 0.6 is 0 Å². The molecule has 2 heterocycles. The van der Waals surface area contributed by atoms with E-state index in [4.69, 9.17) is 0 Å². The van der Waals surface area contributed by atoms with Crippen molar-refractivity contribution in [2.45, 2.75) is 13.0 Å². The molecule has 0 bridgehead atoms. The number of hydrogen-bond acceptors (Lipinski definition) is 3. The van der Waals surface area contributed by atoms with Crippen molar-refractivity contribution in [2.24, 2.45) is 0 Å². The SMILES string of the molecule is CC(Nc1ncc[nH]1)c1cccnc1. The molecule has 72 valence electrons. The zero-order valence-corrected chi connectivity index (χ0v) is 7.94. The Morgan fingerprint density at radius 2 is 2.36 bits per heavy atom. The largest absolute Gasteiger partial charge is 0.349 e. The van der Waals surface area contributed by atoms with Gasteiger partial charge in [-0.1, -0.05) is 6.07 Å². The first-order valence-electron chi connectivity index (χ1n) is 4.52. The highest BCUT2D eigenvalue weighted by Gasteiger charge is 2.05. The van der Waals surface area contributed by atoms with Crippen molar-refractivity contribution >= 4 is 5.95 Å². The van der Waals surface area contributed by atoms with E-state index in [1.54, 1.807) is 18.6 Å². The minimum atomic E-state index is 0.204. The third-order valence-electron chi connectivity index (χ3n) is 2.04. The predicted octanol–water partition coefficient (Wildman–Crippen LogP) is 1.98. The van der Waals surface area contributed by atoms with E-state index in [9.17, 15) is 0 Å².